The van der Waals surface area contributed by atoms with Gasteiger partial charge in [0.2, 0.25) is 15.9 Å². The number of Topliss-reactive ketones (excluding diaryl/α,β-unsaturated/α-hetero) is 1. The maximum absolute atomic E-state index is 14.0. The number of carbonyl (C=O) groups is 2. The molecule has 2 aromatic rings. The van der Waals surface area contributed by atoms with Crippen LogP contribution in [0.4, 0.5) is 9.39 Å². The number of likely N-dealkylation sites (tertiary alicyclic amines) is 1. The summed E-state index contributed by atoms with van der Waals surface area (Å²) in [7, 11) is -7.92. The Morgan fingerprint density at radius 2 is 2.00 bits per heavy atom. The summed E-state index contributed by atoms with van der Waals surface area (Å²) in [5.74, 6) is -3.39. The molecule has 3 fully saturated rings. The molecule has 1 saturated heterocycles. The monoisotopic (exact) mass is 614 g/mol. The molecule has 6 rings (SSSR count). The zero-order chi connectivity index (χ0) is 27.9. The van der Waals surface area contributed by atoms with Crippen LogP contribution in [0.15, 0.2) is 32.9 Å². The highest BCUT2D eigenvalue weighted by atomic mass is 35.5. The number of ketones is 1. The van der Waals surface area contributed by atoms with Gasteiger partial charge in [0.05, 0.1) is 11.3 Å². The van der Waals surface area contributed by atoms with E-state index in [1.165, 1.54) is 23.6 Å². The van der Waals surface area contributed by atoms with Crippen molar-refractivity contribution < 1.29 is 30.8 Å². The molecule has 2 aliphatic heterocycles. The summed E-state index contributed by atoms with van der Waals surface area (Å²) in [5.41, 5.74) is 0.805. The topological polar surface area (TPSA) is 142 Å². The van der Waals surface area contributed by atoms with Crippen LogP contribution in [0, 0.1) is 29.5 Å². The first-order valence-corrected chi connectivity index (χ1v) is 16.9. The lowest BCUT2D eigenvalue weighted by atomic mass is 9.73. The van der Waals surface area contributed by atoms with Crippen molar-refractivity contribution in [3.63, 3.8) is 0 Å². The maximum Gasteiger partial charge on any atom is 0.287 e. The van der Waals surface area contributed by atoms with Gasteiger partial charge < -0.3 is 10.2 Å². The number of hydrogen-bond donors (Lipinski definition) is 2. The van der Waals surface area contributed by atoms with E-state index in [2.05, 4.69) is 14.4 Å². The predicted molar refractivity (Wildman–Crippen MR) is 143 cm³/mol. The normalized spacial score (nSPS) is 29.2. The Bertz CT molecular complexity index is 1660. The molecular formula is C24H24ClFN4O6S3. The van der Waals surface area contributed by atoms with Crippen molar-refractivity contribution in [2.45, 2.75) is 43.3 Å². The largest absolute Gasteiger partial charge is 0.333 e. The second-order valence-electron chi connectivity index (χ2n) is 10.5. The molecule has 39 heavy (non-hydrogen) atoms. The lowest BCUT2D eigenvalue weighted by Gasteiger charge is -2.45. The van der Waals surface area contributed by atoms with Crippen molar-refractivity contribution in [2.75, 3.05) is 11.6 Å². The average molecular weight is 615 g/mol. The number of nitrogens with zero attached hydrogens (tertiary/aromatic N) is 2. The minimum atomic E-state index is -4.34. The maximum atomic E-state index is 14.0. The van der Waals surface area contributed by atoms with Crippen LogP contribution in [0.1, 0.15) is 30.4 Å². The van der Waals surface area contributed by atoms with Crippen LogP contribution < -0.4 is 10.0 Å². The van der Waals surface area contributed by atoms with Crippen LogP contribution in [0.2, 0.25) is 5.02 Å². The van der Waals surface area contributed by atoms with E-state index in [0.29, 0.717) is 5.56 Å². The highest BCUT2D eigenvalue weighted by molar-refractivity contribution is 7.91. The molecule has 10 nitrogen and oxygen atoms in total. The summed E-state index contributed by atoms with van der Waals surface area (Å²) in [6, 6.07) is 3.88. The molecule has 15 heteroatoms. The lowest BCUT2D eigenvalue weighted by Crippen LogP contribution is -2.61. The van der Waals surface area contributed by atoms with Gasteiger partial charge in [-0.15, -0.1) is 15.7 Å². The van der Waals surface area contributed by atoms with Gasteiger partial charge in [0.25, 0.3) is 10.0 Å². The van der Waals surface area contributed by atoms with Gasteiger partial charge in [-0.1, -0.05) is 17.7 Å². The van der Waals surface area contributed by atoms with Crippen LogP contribution in [0.5, 0.6) is 0 Å². The number of fused-ring (bicyclic) bond motifs is 6. The van der Waals surface area contributed by atoms with Gasteiger partial charge >= 0.3 is 0 Å². The molecule has 5 atom stereocenters. The van der Waals surface area contributed by atoms with Crippen LogP contribution in [0.3, 0.4) is 0 Å². The number of benzene rings is 1. The van der Waals surface area contributed by atoms with E-state index in [4.69, 9.17) is 11.6 Å². The summed E-state index contributed by atoms with van der Waals surface area (Å²) >= 11 is 7.00. The Morgan fingerprint density at radius 3 is 2.72 bits per heavy atom. The van der Waals surface area contributed by atoms with Gasteiger partial charge in [0, 0.05) is 30.6 Å². The zero-order valence-electron chi connectivity index (χ0n) is 20.6. The van der Waals surface area contributed by atoms with E-state index < -0.39 is 43.6 Å². The first-order chi connectivity index (χ1) is 18.3. The van der Waals surface area contributed by atoms with Crippen molar-refractivity contribution in [1.82, 2.24) is 9.62 Å². The van der Waals surface area contributed by atoms with Gasteiger partial charge in [-0.3, -0.25) is 9.59 Å². The number of carbonyl (C=O) groups excluding carboxylic acids is 2. The molecule has 0 radical (unpaired) electrons. The smallest absolute Gasteiger partial charge is 0.287 e. The molecule has 2 aliphatic carbocycles. The van der Waals surface area contributed by atoms with Crippen molar-refractivity contribution in [3.05, 3.63) is 45.5 Å². The fourth-order valence-corrected chi connectivity index (χ4v) is 9.80. The van der Waals surface area contributed by atoms with E-state index in [0.717, 1.165) is 36.9 Å². The molecule has 3 heterocycles. The molecule has 2 bridgehead atoms. The number of thiophene rings is 1. The minimum Gasteiger partial charge on any atom is -0.333 e. The fourth-order valence-electron chi connectivity index (χ4n) is 6.53. The van der Waals surface area contributed by atoms with E-state index >= 15 is 0 Å². The average Bonchev–Trinajstić information content (AvgIpc) is 3.57. The third-order valence-electron chi connectivity index (χ3n) is 8.05. The Balaban J connectivity index is 1.36. The summed E-state index contributed by atoms with van der Waals surface area (Å²) in [5, 5.41) is 4.48. The van der Waals surface area contributed by atoms with Crippen LogP contribution >= 0.6 is 22.9 Å². The van der Waals surface area contributed by atoms with E-state index in [1.807, 2.05) is 0 Å². The Morgan fingerprint density at radius 1 is 1.26 bits per heavy atom. The van der Waals surface area contributed by atoms with Gasteiger partial charge in [-0.05, 0) is 54.2 Å². The summed E-state index contributed by atoms with van der Waals surface area (Å²) in [6.07, 6.45) is 3.53. The molecule has 1 unspecified atom stereocenters. The summed E-state index contributed by atoms with van der Waals surface area (Å²) in [4.78, 5) is 29.2. The number of halogens is 2. The quantitative estimate of drug-likeness (QED) is 0.477. The van der Waals surface area contributed by atoms with Crippen molar-refractivity contribution in [2.24, 2.45) is 28.1 Å². The number of piperidine rings is 1. The third-order valence-corrected chi connectivity index (χ3v) is 11.5. The zero-order valence-corrected chi connectivity index (χ0v) is 23.8. The lowest BCUT2D eigenvalue weighted by molar-refractivity contribution is -0.153. The Kier molecular flexibility index (Phi) is 6.42. The molecule has 1 aromatic carbocycles. The SMILES string of the molecule is CS(=O)(=O)NCc1csc2c1S(=O)(=O)N=C(C1C(=O)[C@@H]3[C@H]4CC[C@H](C4)[C@@H]3N(Cc3ccc(F)c(Cl)c3)C1=O)N2. The number of rotatable bonds is 6. The van der Waals surface area contributed by atoms with E-state index in [1.54, 1.807) is 4.90 Å². The van der Waals surface area contributed by atoms with E-state index in [-0.39, 0.29) is 63.1 Å². The molecule has 0 spiro atoms. The van der Waals surface area contributed by atoms with Gasteiger partial charge in [-0.25, -0.2) is 17.5 Å². The third kappa shape index (κ3) is 4.59. The number of sulfonamides is 2. The van der Waals surface area contributed by atoms with Gasteiger partial charge in [-0.2, -0.15) is 8.42 Å². The van der Waals surface area contributed by atoms with Crippen LogP contribution in [-0.2, 0) is 42.7 Å². The fraction of sp³-hybridized carbons (Fsp3) is 0.458. The highest BCUT2D eigenvalue weighted by Crippen LogP contribution is 2.54. The molecule has 208 valence electrons. The first kappa shape index (κ1) is 26.8. The van der Waals surface area contributed by atoms with E-state index in [9.17, 15) is 30.8 Å². The van der Waals surface area contributed by atoms with Gasteiger partial charge in [0.1, 0.15) is 21.5 Å². The minimum absolute atomic E-state index is 0.0788. The molecule has 1 aromatic heterocycles. The molecular weight excluding hydrogens is 591 g/mol. The molecule has 2 saturated carbocycles. The standard InChI is InChI=1S/C24H24ClFN4O6S3/c1-38(33,34)27-8-14-10-37-23-21(14)39(35,36)29-22(28-23)18-20(31)17-12-3-4-13(7-12)19(17)30(24(18)32)9-11-2-5-16(26)15(25)6-11/h2,5-6,10,12-13,17-19,27H,3-4,7-9H2,1H3,(H,28,29)/t12-,13+,17+,18?,19-/m0/s1. The van der Waals surface area contributed by atoms with Crippen LogP contribution in [0.25, 0.3) is 0 Å². The number of hydrogen-bond acceptors (Lipinski definition) is 8. The van der Waals surface area contributed by atoms with Crippen LogP contribution in [-0.4, -0.2) is 51.6 Å². The molecule has 4 aliphatic rings. The molecule has 1 amide bonds. The summed E-state index contributed by atoms with van der Waals surface area (Å²) in [6.45, 7) is -0.156. The summed E-state index contributed by atoms with van der Waals surface area (Å²) < 4.78 is 69.5. The van der Waals surface area contributed by atoms with Crippen molar-refractivity contribution >= 4 is 65.5 Å². The number of amidine groups is 1. The number of amides is 1. The number of anilines is 1. The second-order valence-corrected chi connectivity index (χ2v) is 15.1. The highest BCUT2D eigenvalue weighted by Gasteiger charge is 2.60. The van der Waals surface area contributed by atoms with Crippen molar-refractivity contribution in [1.29, 1.82) is 0 Å². The molecule has 2 N–H and O–H groups in total. The Labute approximate surface area is 233 Å². The second kappa shape index (κ2) is 9.33. The Hall–Kier alpha value is -2.39. The van der Waals surface area contributed by atoms with Gasteiger partial charge in [0.15, 0.2) is 11.7 Å². The number of nitrogens with one attached hydrogen (secondary N) is 2. The first-order valence-electron chi connectivity index (χ1n) is 12.3. The predicted octanol–water partition coefficient (Wildman–Crippen LogP) is 2.74. The van der Waals surface area contributed by atoms with Crippen molar-refractivity contribution in [3.8, 4) is 0 Å².